The highest BCUT2D eigenvalue weighted by Crippen LogP contribution is 2.04. The van der Waals surface area contributed by atoms with Gasteiger partial charge in [-0.2, -0.15) is 0 Å². The van der Waals surface area contributed by atoms with E-state index in [-0.39, 0.29) is 12.5 Å². The summed E-state index contributed by atoms with van der Waals surface area (Å²) in [6.07, 6.45) is 2.64. The Morgan fingerprint density at radius 3 is 2.70 bits per heavy atom. The first kappa shape index (κ1) is 16.1. The van der Waals surface area contributed by atoms with Crippen LogP contribution in [0.25, 0.3) is 0 Å². The van der Waals surface area contributed by atoms with Crippen molar-refractivity contribution in [3.05, 3.63) is 24.2 Å². The topological polar surface area (TPSA) is 61.1 Å². The van der Waals surface area contributed by atoms with E-state index in [0.717, 1.165) is 18.7 Å². The molecule has 6 nitrogen and oxygen atoms in total. The maximum Gasteiger partial charge on any atom is 0.243 e. The van der Waals surface area contributed by atoms with Crippen LogP contribution in [0, 0.1) is 0 Å². The maximum atomic E-state index is 11.6. The molecule has 1 rings (SSSR count). The summed E-state index contributed by atoms with van der Waals surface area (Å²) in [4.78, 5) is 19.5. The largest absolute Gasteiger partial charge is 0.467 e. The van der Waals surface area contributed by atoms with E-state index in [0.29, 0.717) is 12.5 Å². The van der Waals surface area contributed by atoms with Crippen molar-refractivity contribution in [3.63, 3.8) is 0 Å². The molecule has 0 aliphatic carbocycles. The van der Waals surface area contributed by atoms with Gasteiger partial charge in [-0.05, 0) is 18.6 Å². The van der Waals surface area contributed by atoms with Crippen molar-refractivity contribution >= 4 is 11.9 Å². The first-order valence-electron chi connectivity index (χ1n) is 6.76. The molecule has 0 saturated heterocycles. The molecule has 0 saturated carbocycles. The second kappa shape index (κ2) is 8.24. The number of nitrogens with one attached hydrogen (secondary N) is 1. The Hall–Kier alpha value is -1.98. The average Bonchev–Trinajstić information content (AvgIpc) is 2.91. The molecule has 0 spiro atoms. The lowest BCUT2D eigenvalue weighted by Crippen LogP contribution is -2.39. The van der Waals surface area contributed by atoms with Gasteiger partial charge >= 0.3 is 0 Å². The number of hydrogen-bond donors (Lipinski definition) is 1. The summed E-state index contributed by atoms with van der Waals surface area (Å²) in [5.74, 6) is 1.54. The van der Waals surface area contributed by atoms with Crippen LogP contribution in [0.15, 0.2) is 27.8 Å². The SMILES string of the molecule is CCCNC(=NCC(=O)N(C)C)N(C)Cc1ccco1. The predicted octanol–water partition coefficient (Wildman–Crippen LogP) is 1.16. The molecule has 1 aromatic heterocycles. The van der Waals surface area contributed by atoms with Crippen LogP contribution in [0.4, 0.5) is 0 Å². The van der Waals surface area contributed by atoms with Crippen LogP contribution in [-0.2, 0) is 11.3 Å². The molecular formula is C14H24N4O2. The first-order chi connectivity index (χ1) is 9.54. The number of guanidine groups is 1. The van der Waals surface area contributed by atoms with Gasteiger partial charge in [-0.15, -0.1) is 0 Å². The van der Waals surface area contributed by atoms with Crippen molar-refractivity contribution in [2.45, 2.75) is 19.9 Å². The van der Waals surface area contributed by atoms with Gasteiger partial charge in [-0.25, -0.2) is 4.99 Å². The summed E-state index contributed by atoms with van der Waals surface area (Å²) < 4.78 is 5.32. The molecule has 0 aromatic carbocycles. The average molecular weight is 280 g/mol. The van der Waals surface area contributed by atoms with Crippen molar-refractivity contribution in [2.75, 3.05) is 34.2 Å². The number of nitrogens with zero attached hydrogens (tertiary/aromatic N) is 3. The highest BCUT2D eigenvalue weighted by molar-refractivity contribution is 5.84. The van der Waals surface area contributed by atoms with Gasteiger partial charge in [-0.1, -0.05) is 6.92 Å². The van der Waals surface area contributed by atoms with E-state index in [1.54, 1.807) is 20.4 Å². The number of hydrogen-bond acceptors (Lipinski definition) is 3. The van der Waals surface area contributed by atoms with Crippen molar-refractivity contribution in [1.82, 2.24) is 15.1 Å². The molecule has 1 heterocycles. The molecule has 0 aliphatic rings. The molecule has 6 heteroatoms. The normalized spacial score (nSPS) is 11.3. The van der Waals surface area contributed by atoms with Crippen LogP contribution in [0.1, 0.15) is 19.1 Å². The Kier molecular flexibility index (Phi) is 6.63. The minimum Gasteiger partial charge on any atom is -0.467 e. The number of amides is 1. The third kappa shape index (κ3) is 5.34. The quantitative estimate of drug-likeness (QED) is 0.627. The molecule has 0 fully saturated rings. The van der Waals surface area contributed by atoms with Crippen molar-refractivity contribution in [1.29, 1.82) is 0 Å². The summed E-state index contributed by atoms with van der Waals surface area (Å²) in [5, 5.41) is 3.24. The summed E-state index contributed by atoms with van der Waals surface area (Å²) in [7, 11) is 5.37. The zero-order valence-electron chi connectivity index (χ0n) is 12.7. The Bertz CT molecular complexity index is 426. The third-order valence-corrected chi connectivity index (χ3v) is 2.73. The highest BCUT2D eigenvalue weighted by Gasteiger charge is 2.10. The van der Waals surface area contributed by atoms with E-state index in [4.69, 9.17) is 4.42 Å². The molecule has 0 unspecified atom stereocenters. The zero-order valence-corrected chi connectivity index (χ0v) is 12.7. The van der Waals surface area contributed by atoms with Gasteiger partial charge in [0.2, 0.25) is 5.91 Å². The Balaban J connectivity index is 2.66. The first-order valence-corrected chi connectivity index (χ1v) is 6.76. The van der Waals surface area contributed by atoms with E-state index >= 15 is 0 Å². The van der Waals surface area contributed by atoms with E-state index < -0.39 is 0 Å². The van der Waals surface area contributed by atoms with Gasteiger partial charge in [0, 0.05) is 27.7 Å². The molecule has 0 aliphatic heterocycles. The predicted molar refractivity (Wildman–Crippen MR) is 79.5 cm³/mol. The van der Waals surface area contributed by atoms with E-state index in [2.05, 4.69) is 17.2 Å². The number of rotatable bonds is 6. The van der Waals surface area contributed by atoms with Gasteiger partial charge in [-0.3, -0.25) is 4.79 Å². The van der Waals surface area contributed by atoms with Crippen molar-refractivity contribution in [2.24, 2.45) is 4.99 Å². The molecule has 0 bridgehead atoms. The van der Waals surface area contributed by atoms with Crippen LogP contribution < -0.4 is 5.32 Å². The Morgan fingerprint density at radius 2 is 2.15 bits per heavy atom. The lowest BCUT2D eigenvalue weighted by Gasteiger charge is -2.21. The van der Waals surface area contributed by atoms with Crippen LogP contribution in [0.3, 0.4) is 0 Å². The minimum atomic E-state index is -0.0211. The smallest absolute Gasteiger partial charge is 0.243 e. The fourth-order valence-electron chi connectivity index (χ4n) is 1.54. The van der Waals surface area contributed by atoms with E-state index in [9.17, 15) is 4.79 Å². The Labute approximate surface area is 120 Å². The second-order valence-corrected chi connectivity index (χ2v) is 4.79. The molecule has 20 heavy (non-hydrogen) atoms. The van der Waals surface area contributed by atoms with Crippen molar-refractivity contribution < 1.29 is 9.21 Å². The summed E-state index contributed by atoms with van der Waals surface area (Å²) in [6, 6.07) is 3.77. The van der Waals surface area contributed by atoms with Gasteiger partial charge in [0.25, 0.3) is 0 Å². The number of carbonyl (C=O) groups is 1. The monoisotopic (exact) mass is 280 g/mol. The Morgan fingerprint density at radius 1 is 1.40 bits per heavy atom. The number of furan rings is 1. The fourth-order valence-corrected chi connectivity index (χ4v) is 1.54. The summed E-state index contributed by atoms with van der Waals surface area (Å²) >= 11 is 0. The lowest BCUT2D eigenvalue weighted by atomic mass is 10.4. The highest BCUT2D eigenvalue weighted by atomic mass is 16.3. The van der Waals surface area contributed by atoms with Crippen LogP contribution in [0.5, 0.6) is 0 Å². The molecule has 0 radical (unpaired) electrons. The van der Waals surface area contributed by atoms with Gasteiger partial charge in [0.05, 0.1) is 12.8 Å². The lowest BCUT2D eigenvalue weighted by molar-refractivity contribution is -0.127. The number of aliphatic imine (C=N–C) groups is 1. The molecule has 1 aromatic rings. The summed E-state index contributed by atoms with van der Waals surface area (Å²) in [5.41, 5.74) is 0. The van der Waals surface area contributed by atoms with Gasteiger partial charge in [0.15, 0.2) is 5.96 Å². The van der Waals surface area contributed by atoms with Gasteiger partial charge < -0.3 is 19.5 Å². The van der Waals surface area contributed by atoms with Crippen LogP contribution >= 0.6 is 0 Å². The fraction of sp³-hybridized carbons (Fsp3) is 0.571. The molecule has 1 amide bonds. The zero-order chi connectivity index (χ0) is 15.0. The standard InChI is InChI=1S/C14H24N4O2/c1-5-8-15-14(16-10-13(19)17(2)3)18(4)11-12-7-6-9-20-12/h6-7,9H,5,8,10-11H2,1-4H3,(H,15,16). The van der Waals surface area contributed by atoms with E-state index in [1.165, 1.54) is 4.90 Å². The number of likely N-dealkylation sites (N-methyl/N-ethyl adjacent to an activating group) is 1. The molecule has 112 valence electrons. The molecule has 0 atom stereocenters. The maximum absolute atomic E-state index is 11.6. The van der Waals surface area contributed by atoms with Crippen molar-refractivity contribution in [3.8, 4) is 0 Å². The molecular weight excluding hydrogens is 256 g/mol. The minimum absolute atomic E-state index is 0.0211. The summed E-state index contributed by atoms with van der Waals surface area (Å²) in [6.45, 7) is 3.65. The van der Waals surface area contributed by atoms with Crippen LogP contribution in [-0.4, -0.2) is 55.9 Å². The van der Waals surface area contributed by atoms with Crippen LogP contribution in [0.2, 0.25) is 0 Å². The van der Waals surface area contributed by atoms with Gasteiger partial charge in [0.1, 0.15) is 12.3 Å². The third-order valence-electron chi connectivity index (χ3n) is 2.73. The number of carbonyl (C=O) groups excluding carboxylic acids is 1. The molecule has 1 N–H and O–H groups in total. The second-order valence-electron chi connectivity index (χ2n) is 4.79. The van der Waals surface area contributed by atoms with E-state index in [1.807, 2.05) is 24.1 Å².